The smallest absolute Gasteiger partial charge is 0.226 e. The molecule has 3 N–H and O–H groups in total. The van der Waals surface area contributed by atoms with Crippen molar-refractivity contribution in [3.05, 3.63) is 6.20 Å². The molecule has 0 fully saturated rings. The van der Waals surface area contributed by atoms with Crippen LogP contribution in [0.1, 0.15) is 6.92 Å². The summed E-state index contributed by atoms with van der Waals surface area (Å²) in [5, 5.41) is 14.1. The van der Waals surface area contributed by atoms with Crippen LogP contribution in [0.3, 0.4) is 0 Å². The lowest BCUT2D eigenvalue weighted by Crippen LogP contribution is -2.14. The number of H-pyrrole nitrogens is 1. The molecule has 0 saturated heterocycles. The second kappa shape index (κ2) is 5.90. The monoisotopic (exact) mass is 266 g/mol. The minimum absolute atomic E-state index is 0.590. The van der Waals surface area contributed by atoms with E-state index in [-0.39, 0.29) is 0 Å². The molecule has 1 atom stereocenters. The third kappa shape index (κ3) is 2.84. The molecule has 0 aliphatic heterocycles. The number of aromatic amines is 1. The highest BCUT2D eigenvalue weighted by Gasteiger charge is 2.09. The number of fused-ring (bicyclic) bond motifs is 1. The van der Waals surface area contributed by atoms with E-state index in [1.807, 2.05) is 11.8 Å². The molecule has 0 aliphatic carbocycles. The van der Waals surface area contributed by atoms with Crippen molar-refractivity contribution in [3.8, 4) is 0 Å². The van der Waals surface area contributed by atoms with E-state index in [2.05, 4.69) is 44.0 Å². The predicted octanol–water partition coefficient (Wildman–Crippen LogP) is 1.81. The lowest BCUT2D eigenvalue weighted by atomic mass is 10.2. The number of hydrogen-bond donors (Lipinski definition) is 3. The Morgan fingerprint density at radius 1 is 1.44 bits per heavy atom. The topological polar surface area (TPSA) is 78.5 Å². The molecule has 0 radical (unpaired) electrons. The molecule has 0 aliphatic rings. The second-order valence-corrected chi connectivity index (χ2v) is 5.13. The van der Waals surface area contributed by atoms with Crippen LogP contribution in [0, 0.1) is 5.92 Å². The summed E-state index contributed by atoms with van der Waals surface area (Å²) in [5.74, 6) is 3.14. The molecule has 0 aromatic carbocycles. The van der Waals surface area contributed by atoms with Crippen LogP contribution in [0.2, 0.25) is 0 Å². The summed E-state index contributed by atoms with van der Waals surface area (Å²) in [4.78, 5) is 8.72. The molecule has 0 saturated carbocycles. The van der Waals surface area contributed by atoms with Crippen molar-refractivity contribution >= 4 is 34.6 Å². The zero-order valence-electron chi connectivity index (χ0n) is 10.8. The van der Waals surface area contributed by atoms with Crippen LogP contribution in [0.4, 0.5) is 11.8 Å². The maximum absolute atomic E-state index is 4.42. The minimum atomic E-state index is 0.590. The Labute approximate surface area is 110 Å². The van der Waals surface area contributed by atoms with Crippen LogP contribution >= 0.6 is 11.8 Å². The summed E-state index contributed by atoms with van der Waals surface area (Å²) >= 11 is 1.85. The van der Waals surface area contributed by atoms with Gasteiger partial charge in [0, 0.05) is 13.6 Å². The van der Waals surface area contributed by atoms with Gasteiger partial charge in [-0.25, -0.2) is 0 Å². The maximum Gasteiger partial charge on any atom is 0.226 e. The van der Waals surface area contributed by atoms with Gasteiger partial charge in [-0.1, -0.05) is 6.92 Å². The fourth-order valence-corrected chi connectivity index (χ4v) is 2.38. The van der Waals surface area contributed by atoms with Gasteiger partial charge in [-0.2, -0.15) is 26.8 Å². The van der Waals surface area contributed by atoms with Gasteiger partial charge in [0.05, 0.1) is 11.6 Å². The van der Waals surface area contributed by atoms with E-state index in [4.69, 9.17) is 0 Å². The number of nitrogens with one attached hydrogen (secondary N) is 3. The largest absolute Gasteiger partial charge is 0.369 e. The fraction of sp³-hybridized carbons (Fsp3) is 0.545. The number of rotatable bonds is 6. The molecule has 98 valence electrons. The fourth-order valence-electron chi connectivity index (χ4n) is 1.70. The van der Waals surface area contributed by atoms with E-state index in [9.17, 15) is 0 Å². The average Bonchev–Trinajstić information content (AvgIpc) is 2.84. The van der Waals surface area contributed by atoms with Gasteiger partial charge in [0.25, 0.3) is 0 Å². The summed E-state index contributed by atoms with van der Waals surface area (Å²) in [7, 11) is 1.80. The van der Waals surface area contributed by atoms with Crippen LogP contribution < -0.4 is 10.6 Å². The van der Waals surface area contributed by atoms with Gasteiger partial charge in [-0.3, -0.25) is 5.10 Å². The first-order valence-electron chi connectivity index (χ1n) is 5.86. The molecule has 2 aromatic rings. The molecule has 0 bridgehead atoms. The first-order chi connectivity index (χ1) is 8.74. The molecule has 1 unspecified atom stereocenters. The lowest BCUT2D eigenvalue weighted by molar-refractivity contribution is 0.700. The summed E-state index contributed by atoms with van der Waals surface area (Å²) in [5.41, 5.74) is 0.745. The first-order valence-corrected chi connectivity index (χ1v) is 7.25. The summed E-state index contributed by atoms with van der Waals surface area (Å²) in [6, 6.07) is 0. The number of thioether (sulfide) groups is 1. The van der Waals surface area contributed by atoms with E-state index in [1.165, 1.54) is 0 Å². The van der Waals surface area contributed by atoms with Crippen molar-refractivity contribution in [2.24, 2.45) is 5.92 Å². The Kier molecular flexibility index (Phi) is 4.24. The molecule has 0 spiro atoms. The van der Waals surface area contributed by atoms with Crippen molar-refractivity contribution in [1.82, 2.24) is 20.2 Å². The molecule has 2 rings (SSSR count). The minimum Gasteiger partial charge on any atom is -0.369 e. The zero-order chi connectivity index (χ0) is 13.0. The second-order valence-electron chi connectivity index (χ2n) is 4.22. The Hall–Kier alpha value is -1.50. The van der Waals surface area contributed by atoms with E-state index in [0.717, 1.165) is 29.1 Å². The van der Waals surface area contributed by atoms with Crippen molar-refractivity contribution in [2.45, 2.75) is 6.92 Å². The first kappa shape index (κ1) is 12.9. The molecule has 18 heavy (non-hydrogen) atoms. The van der Waals surface area contributed by atoms with Gasteiger partial charge in [-0.05, 0) is 17.9 Å². The van der Waals surface area contributed by atoms with E-state index in [0.29, 0.717) is 11.9 Å². The molecular weight excluding hydrogens is 248 g/mol. The number of hydrogen-bond acceptors (Lipinski definition) is 6. The van der Waals surface area contributed by atoms with Gasteiger partial charge in [0.2, 0.25) is 5.95 Å². The van der Waals surface area contributed by atoms with Crippen molar-refractivity contribution in [1.29, 1.82) is 0 Å². The quantitative estimate of drug-likeness (QED) is 0.740. The summed E-state index contributed by atoms with van der Waals surface area (Å²) < 4.78 is 0. The van der Waals surface area contributed by atoms with Crippen molar-refractivity contribution in [3.63, 3.8) is 0 Å². The molecular formula is C11H18N6S. The molecule has 2 aromatic heterocycles. The van der Waals surface area contributed by atoms with Crippen LogP contribution in [-0.4, -0.2) is 45.8 Å². The molecule has 2 heterocycles. The normalized spacial score (nSPS) is 12.6. The van der Waals surface area contributed by atoms with Gasteiger partial charge < -0.3 is 10.6 Å². The van der Waals surface area contributed by atoms with Crippen LogP contribution in [0.5, 0.6) is 0 Å². The zero-order valence-corrected chi connectivity index (χ0v) is 11.6. The molecule has 0 amide bonds. The van der Waals surface area contributed by atoms with Gasteiger partial charge in [0.1, 0.15) is 5.82 Å². The van der Waals surface area contributed by atoms with Crippen molar-refractivity contribution < 1.29 is 0 Å². The highest BCUT2D eigenvalue weighted by Crippen LogP contribution is 2.20. The third-order valence-electron chi connectivity index (χ3n) is 2.60. The van der Waals surface area contributed by atoms with Gasteiger partial charge >= 0.3 is 0 Å². The van der Waals surface area contributed by atoms with Crippen LogP contribution in [0.15, 0.2) is 6.20 Å². The highest BCUT2D eigenvalue weighted by atomic mass is 32.2. The van der Waals surface area contributed by atoms with E-state index < -0.39 is 0 Å². The highest BCUT2D eigenvalue weighted by molar-refractivity contribution is 7.98. The molecule has 6 nitrogen and oxygen atoms in total. The van der Waals surface area contributed by atoms with Crippen molar-refractivity contribution in [2.75, 3.05) is 36.2 Å². The SMILES string of the molecule is CNc1nc(NCC(C)CSC)c2cn[nH]c2n1. The number of nitrogens with zero attached hydrogens (tertiary/aromatic N) is 3. The third-order valence-corrected chi connectivity index (χ3v) is 3.50. The summed E-state index contributed by atoms with van der Waals surface area (Å²) in [6.45, 7) is 3.11. The Morgan fingerprint density at radius 3 is 3.00 bits per heavy atom. The van der Waals surface area contributed by atoms with E-state index >= 15 is 0 Å². The Morgan fingerprint density at radius 2 is 2.28 bits per heavy atom. The van der Waals surface area contributed by atoms with E-state index in [1.54, 1.807) is 13.2 Å². The standard InChI is InChI=1S/C11H18N6S/c1-7(6-18-3)4-13-9-8-5-14-17-10(8)16-11(12-2)15-9/h5,7H,4,6H2,1-3H3,(H3,12,13,14,15,16,17). The van der Waals surface area contributed by atoms with Gasteiger partial charge in [-0.15, -0.1) is 0 Å². The average molecular weight is 266 g/mol. The Bertz CT molecular complexity index is 511. The number of aromatic nitrogens is 4. The van der Waals surface area contributed by atoms with Crippen LogP contribution in [0.25, 0.3) is 11.0 Å². The summed E-state index contributed by atoms with van der Waals surface area (Å²) in [6.07, 6.45) is 3.87. The Balaban J connectivity index is 2.18. The van der Waals surface area contributed by atoms with Crippen LogP contribution in [-0.2, 0) is 0 Å². The maximum atomic E-state index is 4.42. The number of anilines is 2. The lowest BCUT2D eigenvalue weighted by Gasteiger charge is -2.12. The van der Waals surface area contributed by atoms with Gasteiger partial charge in [0.15, 0.2) is 5.65 Å². The predicted molar refractivity (Wildman–Crippen MR) is 77.3 cm³/mol. The molecule has 7 heteroatoms.